The number of ether oxygens (including phenoxy) is 1. The zero-order valence-electron chi connectivity index (χ0n) is 18.8. The third-order valence-corrected chi connectivity index (χ3v) is 5.72. The van der Waals surface area contributed by atoms with Crippen molar-refractivity contribution in [2.75, 3.05) is 39.4 Å². The third kappa shape index (κ3) is 5.06. The number of nitrogens with one attached hydrogen (secondary N) is 2. The number of pyridine rings is 1. The van der Waals surface area contributed by atoms with Crippen molar-refractivity contribution >= 4 is 11.0 Å². The van der Waals surface area contributed by atoms with Crippen LogP contribution < -0.4 is 10.9 Å². The lowest BCUT2D eigenvalue weighted by molar-refractivity contribution is 0.0374. The molecule has 1 aromatic carbocycles. The summed E-state index contributed by atoms with van der Waals surface area (Å²) in [6.07, 6.45) is 1.05. The van der Waals surface area contributed by atoms with Crippen LogP contribution in [-0.4, -0.2) is 59.1 Å². The van der Waals surface area contributed by atoms with Crippen molar-refractivity contribution < 1.29 is 4.74 Å². The fraction of sp³-hybridized carbons (Fsp3) is 0.500. The van der Waals surface area contributed by atoms with Gasteiger partial charge in [-0.2, -0.15) is 5.10 Å². The summed E-state index contributed by atoms with van der Waals surface area (Å²) in [5.74, 6) is 0. The summed E-state index contributed by atoms with van der Waals surface area (Å²) in [6, 6.07) is 11.9. The van der Waals surface area contributed by atoms with Crippen molar-refractivity contribution in [2.24, 2.45) is 0 Å². The van der Waals surface area contributed by atoms with Gasteiger partial charge in [-0.15, -0.1) is 0 Å². The van der Waals surface area contributed by atoms with Gasteiger partial charge >= 0.3 is 0 Å². The van der Waals surface area contributed by atoms with Gasteiger partial charge < -0.3 is 15.0 Å². The first-order valence-corrected chi connectivity index (χ1v) is 11.1. The Labute approximate surface area is 183 Å². The van der Waals surface area contributed by atoms with E-state index < -0.39 is 0 Å². The number of benzene rings is 1. The summed E-state index contributed by atoms with van der Waals surface area (Å²) >= 11 is 0. The number of nitrogens with zero attached hydrogens (tertiary/aromatic N) is 3. The minimum absolute atomic E-state index is 0.0641. The van der Waals surface area contributed by atoms with Crippen LogP contribution in [0.5, 0.6) is 0 Å². The lowest BCUT2D eigenvalue weighted by Crippen LogP contribution is -2.37. The first kappa shape index (κ1) is 21.7. The highest BCUT2D eigenvalue weighted by molar-refractivity contribution is 5.81. The zero-order valence-corrected chi connectivity index (χ0v) is 18.8. The van der Waals surface area contributed by atoms with Gasteiger partial charge in [0.2, 0.25) is 0 Å². The fourth-order valence-electron chi connectivity index (χ4n) is 4.03. The van der Waals surface area contributed by atoms with Gasteiger partial charge in [0.15, 0.2) is 0 Å². The molecule has 0 radical (unpaired) electrons. The molecule has 31 heavy (non-hydrogen) atoms. The van der Waals surface area contributed by atoms with Crippen LogP contribution in [0.1, 0.15) is 38.4 Å². The van der Waals surface area contributed by atoms with Gasteiger partial charge in [0, 0.05) is 36.0 Å². The predicted octanol–water partition coefficient (Wildman–Crippen LogP) is 2.82. The molecule has 2 aromatic heterocycles. The second-order valence-corrected chi connectivity index (χ2v) is 9.22. The predicted molar refractivity (Wildman–Crippen MR) is 124 cm³/mol. The first-order chi connectivity index (χ1) is 14.9. The van der Waals surface area contributed by atoms with Gasteiger partial charge in [0.1, 0.15) is 5.65 Å². The first-order valence-electron chi connectivity index (χ1n) is 11.1. The molecule has 2 N–H and O–H groups in total. The summed E-state index contributed by atoms with van der Waals surface area (Å²) in [6.45, 7) is 12.6. The highest BCUT2D eigenvalue weighted by atomic mass is 16.5. The number of rotatable bonds is 7. The molecule has 1 fully saturated rings. The van der Waals surface area contributed by atoms with E-state index in [0.717, 1.165) is 73.8 Å². The molecular formula is C24H33N5O2. The van der Waals surface area contributed by atoms with Gasteiger partial charge in [-0.25, -0.2) is 4.68 Å². The molecule has 1 saturated heterocycles. The average molecular weight is 424 g/mol. The van der Waals surface area contributed by atoms with E-state index in [1.54, 1.807) is 0 Å². The van der Waals surface area contributed by atoms with Crippen molar-refractivity contribution in [1.29, 1.82) is 0 Å². The van der Waals surface area contributed by atoms with E-state index in [4.69, 9.17) is 9.84 Å². The fourth-order valence-corrected chi connectivity index (χ4v) is 4.03. The average Bonchev–Trinajstić information content (AvgIpc) is 3.13. The molecule has 1 aliphatic rings. The molecule has 7 nitrogen and oxygen atoms in total. The number of aromatic amines is 1. The second kappa shape index (κ2) is 9.34. The molecule has 0 saturated carbocycles. The molecule has 0 aliphatic carbocycles. The smallest absolute Gasteiger partial charge is 0.254 e. The Hall–Kier alpha value is -2.48. The van der Waals surface area contributed by atoms with Crippen LogP contribution in [0.15, 0.2) is 41.2 Å². The van der Waals surface area contributed by atoms with E-state index in [0.29, 0.717) is 6.54 Å². The van der Waals surface area contributed by atoms with Crippen LogP contribution >= 0.6 is 0 Å². The molecule has 4 rings (SSSR count). The molecule has 3 aromatic rings. The molecular weight excluding hydrogens is 390 g/mol. The summed E-state index contributed by atoms with van der Waals surface area (Å²) in [5.41, 5.74) is 3.21. The SMILES string of the molecule is CC(C)(C)c1nn(-c2ccccc2)c2[nH]c(=O)c(CNCCCN3CCOCC3)cc12. The standard InChI is InChI=1S/C24H33N5O2/c1-24(2,3)21-20-16-18(17-25-10-7-11-28-12-14-31-15-13-28)23(30)26-22(20)29(27-21)19-8-5-4-6-9-19/h4-6,8-9,16,25H,7,10-15,17H2,1-3H3,(H,26,30). The van der Waals surface area contributed by atoms with Crippen molar-refractivity contribution in [2.45, 2.75) is 39.2 Å². The van der Waals surface area contributed by atoms with Gasteiger partial charge in [-0.05, 0) is 37.7 Å². The number of para-hydroxylation sites is 1. The van der Waals surface area contributed by atoms with Gasteiger partial charge in [-0.1, -0.05) is 39.0 Å². The Bertz CT molecular complexity index is 1060. The van der Waals surface area contributed by atoms with Gasteiger partial charge in [0.05, 0.1) is 24.6 Å². The number of hydrogen-bond acceptors (Lipinski definition) is 5. The number of aromatic nitrogens is 3. The largest absolute Gasteiger partial charge is 0.379 e. The Morgan fingerprint density at radius 3 is 2.61 bits per heavy atom. The normalized spacial score (nSPS) is 15.6. The molecule has 1 aliphatic heterocycles. The number of fused-ring (bicyclic) bond motifs is 1. The molecule has 0 bridgehead atoms. The minimum Gasteiger partial charge on any atom is -0.379 e. The van der Waals surface area contributed by atoms with E-state index >= 15 is 0 Å². The van der Waals surface area contributed by atoms with Crippen molar-refractivity contribution in [3.8, 4) is 5.69 Å². The topological polar surface area (TPSA) is 75.2 Å². The van der Waals surface area contributed by atoms with Crippen LogP contribution in [0.2, 0.25) is 0 Å². The van der Waals surface area contributed by atoms with Gasteiger partial charge in [0.25, 0.3) is 5.56 Å². The number of H-pyrrole nitrogens is 1. The summed E-state index contributed by atoms with van der Waals surface area (Å²) in [4.78, 5) is 18.3. The molecule has 0 spiro atoms. The lowest BCUT2D eigenvalue weighted by atomic mass is 9.90. The molecule has 3 heterocycles. The van der Waals surface area contributed by atoms with Crippen molar-refractivity contribution in [1.82, 2.24) is 25.0 Å². The molecule has 0 amide bonds. The Morgan fingerprint density at radius 2 is 1.90 bits per heavy atom. The lowest BCUT2D eigenvalue weighted by Gasteiger charge is -2.26. The molecule has 0 atom stereocenters. The quantitative estimate of drug-likeness (QED) is 0.572. The third-order valence-electron chi connectivity index (χ3n) is 5.72. The molecule has 0 unspecified atom stereocenters. The van der Waals surface area contributed by atoms with E-state index in [1.807, 2.05) is 41.1 Å². The van der Waals surface area contributed by atoms with Gasteiger partial charge in [-0.3, -0.25) is 9.69 Å². The Morgan fingerprint density at radius 1 is 1.16 bits per heavy atom. The maximum atomic E-state index is 12.8. The van der Waals surface area contributed by atoms with Crippen LogP contribution in [-0.2, 0) is 16.7 Å². The van der Waals surface area contributed by atoms with Crippen molar-refractivity contribution in [3.63, 3.8) is 0 Å². The minimum atomic E-state index is -0.140. The second-order valence-electron chi connectivity index (χ2n) is 9.22. The van der Waals surface area contributed by atoms with E-state index in [1.165, 1.54) is 0 Å². The van der Waals surface area contributed by atoms with Crippen LogP contribution in [0, 0.1) is 0 Å². The maximum absolute atomic E-state index is 12.8. The van der Waals surface area contributed by atoms with Crippen molar-refractivity contribution in [3.05, 3.63) is 58.0 Å². The molecule has 166 valence electrons. The summed E-state index contributed by atoms with van der Waals surface area (Å²) < 4.78 is 7.24. The monoisotopic (exact) mass is 423 g/mol. The summed E-state index contributed by atoms with van der Waals surface area (Å²) in [5, 5.41) is 9.32. The van der Waals surface area contributed by atoms with E-state index in [-0.39, 0.29) is 11.0 Å². The van der Waals surface area contributed by atoms with E-state index in [9.17, 15) is 4.79 Å². The number of morpholine rings is 1. The maximum Gasteiger partial charge on any atom is 0.254 e. The van der Waals surface area contributed by atoms with E-state index in [2.05, 4.69) is 36.0 Å². The highest BCUT2D eigenvalue weighted by Gasteiger charge is 2.24. The Balaban J connectivity index is 1.52. The number of hydrogen-bond donors (Lipinski definition) is 2. The zero-order chi connectivity index (χ0) is 21.8. The summed E-state index contributed by atoms with van der Waals surface area (Å²) in [7, 11) is 0. The van der Waals surface area contributed by atoms with Crippen LogP contribution in [0.25, 0.3) is 16.7 Å². The van der Waals surface area contributed by atoms with Crippen LogP contribution in [0.4, 0.5) is 0 Å². The van der Waals surface area contributed by atoms with Crippen LogP contribution in [0.3, 0.4) is 0 Å². The molecule has 7 heteroatoms. The highest BCUT2D eigenvalue weighted by Crippen LogP contribution is 2.29. The Kier molecular flexibility index (Phi) is 6.55.